The van der Waals surface area contributed by atoms with E-state index in [1.54, 1.807) is 54.6 Å². The first-order chi connectivity index (χ1) is 17.2. The number of ether oxygens (including phenoxy) is 1. The summed E-state index contributed by atoms with van der Waals surface area (Å²) < 4.78 is 37.9. The molecule has 0 aliphatic heterocycles. The number of nitrogens with zero attached hydrogens (tertiary/aromatic N) is 2. The molecule has 0 saturated carbocycles. The highest BCUT2D eigenvalue weighted by molar-refractivity contribution is 7.89. The van der Waals surface area contributed by atoms with Gasteiger partial charge in [-0.2, -0.15) is 9.41 Å². The van der Waals surface area contributed by atoms with Crippen LogP contribution in [0.4, 0.5) is 0 Å². The number of carbonyl (C=O) groups excluding carboxylic acids is 2. The van der Waals surface area contributed by atoms with E-state index in [9.17, 15) is 18.0 Å². The van der Waals surface area contributed by atoms with E-state index in [1.165, 1.54) is 24.6 Å². The number of carbonyl (C=O) groups is 2. The highest BCUT2D eigenvalue weighted by Crippen LogP contribution is 2.18. The maximum atomic E-state index is 13.1. The number of sulfonamides is 1. The summed E-state index contributed by atoms with van der Waals surface area (Å²) in [5.41, 5.74) is 3.01. The number of rotatable bonds is 12. The van der Waals surface area contributed by atoms with Gasteiger partial charge in [-0.25, -0.2) is 13.8 Å². The second-order valence-corrected chi connectivity index (χ2v) is 9.98. The fraction of sp³-hybridized carbons (Fsp3) is 0.240. The molecule has 0 saturated heterocycles. The van der Waals surface area contributed by atoms with Crippen LogP contribution in [0.3, 0.4) is 0 Å². The Morgan fingerprint density at radius 1 is 1.03 bits per heavy atom. The molecule has 1 aromatic heterocycles. The molecule has 0 atom stereocenters. The van der Waals surface area contributed by atoms with Crippen molar-refractivity contribution in [1.82, 2.24) is 15.0 Å². The number of benzene rings is 2. The maximum Gasteiger partial charge on any atom is 0.258 e. The summed E-state index contributed by atoms with van der Waals surface area (Å²) in [6.45, 7) is 3.06. The smallest absolute Gasteiger partial charge is 0.258 e. The van der Waals surface area contributed by atoms with Crippen LogP contribution in [-0.2, 0) is 26.2 Å². The van der Waals surface area contributed by atoms with E-state index in [0.717, 1.165) is 4.31 Å². The Labute approximate surface area is 210 Å². The number of hydrogen-bond donors (Lipinski definition) is 2. The first kappa shape index (κ1) is 26.6. The van der Waals surface area contributed by atoms with Crippen molar-refractivity contribution in [1.29, 1.82) is 0 Å². The Balaban J connectivity index is 1.58. The summed E-state index contributed by atoms with van der Waals surface area (Å²) in [7, 11) is -3.95. The van der Waals surface area contributed by atoms with Crippen LogP contribution in [0, 0.1) is 0 Å². The molecule has 0 aliphatic rings. The zero-order valence-electron chi connectivity index (χ0n) is 20.0. The Morgan fingerprint density at radius 2 is 1.75 bits per heavy atom. The summed E-state index contributed by atoms with van der Waals surface area (Å²) in [5.74, 6) is 0.0757. The minimum Gasteiger partial charge on any atom is -0.484 e. The van der Waals surface area contributed by atoms with E-state index in [2.05, 4.69) is 15.8 Å². The van der Waals surface area contributed by atoms with Gasteiger partial charge in [0.1, 0.15) is 11.5 Å². The summed E-state index contributed by atoms with van der Waals surface area (Å²) in [6.07, 6.45) is 2.85. The van der Waals surface area contributed by atoms with Crippen molar-refractivity contribution in [2.45, 2.75) is 31.3 Å². The van der Waals surface area contributed by atoms with Crippen LogP contribution >= 0.6 is 0 Å². The van der Waals surface area contributed by atoms with Gasteiger partial charge in [-0.15, -0.1) is 0 Å². The topological polar surface area (TPSA) is 130 Å². The van der Waals surface area contributed by atoms with E-state index in [1.807, 2.05) is 13.8 Å². The highest BCUT2D eigenvalue weighted by atomic mass is 32.2. The lowest BCUT2D eigenvalue weighted by molar-refractivity contribution is -0.123. The lowest BCUT2D eigenvalue weighted by Gasteiger charge is -2.20. The average Bonchev–Trinajstić information content (AvgIpc) is 3.36. The van der Waals surface area contributed by atoms with Gasteiger partial charge in [0, 0.05) is 6.04 Å². The molecule has 1 heterocycles. The van der Waals surface area contributed by atoms with E-state index >= 15 is 0 Å². The largest absolute Gasteiger partial charge is 0.484 e. The molecule has 2 N–H and O–H groups in total. The molecule has 2 amide bonds. The Morgan fingerprint density at radius 3 is 2.39 bits per heavy atom. The lowest BCUT2D eigenvalue weighted by Crippen LogP contribution is -2.38. The normalized spacial score (nSPS) is 11.7. The number of nitrogens with one attached hydrogen (secondary N) is 2. The lowest BCUT2D eigenvalue weighted by atomic mass is 10.2. The van der Waals surface area contributed by atoms with Crippen LogP contribution in [0.1, 0.15) is 25.2 Å². The zero-order chi connectivity index (χ0) is 26.0. The minimum absolute atomic E-state index is 0.0329. The van der Waals surface area contributed by atoms with Crippen LogP contribution in [0.25, 0.3) is 0 Å². The van der Waals surface area contributed by atoms with Gasteiger partial charge in [0.25, 0.3) is 11.8 Å². The first-order valence-electron chi connectivity index (χ1n) is 11.2. The number of furan rings is 1. The number of hydrogen-bond acceptors (Lipinski definition) is 7. The maximum absolute atomic E-state index is 13.1. The van der Waals surface area contributed by atoms with Crippen molar-refractivity contribution in [2.24, 2.45) is 5.10 Å². The van der Waals surface area contributed by atoms with Crippen LogP contribution < -0.4 is 15.5 Å². The molecule has 3 rings (SSSR count). The average molecular weight is 513 g/mol. The van der Waals surface area contributed by atoms with Crippen LogP contribution in [0.5, 0.6) is 5.75 Å². The molecule has 0 radical (unpaired) electrons. The minimum atomic E-state index is -3.95. The molecular formula is C25H28N4O6S. The molecule has 36 heavy (non-hydrogen) atoms. The molecule has 190 valence electrons. The standard InChI is InChI=1S/C25H28N4O6S/c1-19(2)27-25(31)18-35-21-12-10-20(11-13-21)15-26-28-24(30)17-29(16-22-7-6-14-34-22)36(32,33)23-8-4-3-5-9-23/h3-15,19H,16-18H2,1-2H3,(H,27,31)(H,28,30)/b26-15+. The summed E-state index contributed by atoms with van der Waals surface area (Å²) in [5, 5.41) is 6.64. The predicted molar refractivity (Wildman–Crippen MR) is 134 cm³/mol. The monoisotopic (exact) mass is 512 g/mol. The fourth-order valence-corrected chi connectivity index (χ4v) is 4.46. The Bertz CT molecular complexity index is 1260. The molecular weight excluding hydrogens is 484 g/mol. The van der Waals surface area contributed by atoms with E-state index < -0.39 is 22.5 Å². The van der Waals surface area contributed by atoms with Gasteiger partial charge in [0.2, 0.25) is 10.0 Å². The summed E-state index contributed by atoms with van der Waals surface area (Å²) in [4.78, 5) is 24.2. The van der Waals surface area contributed by atoms with Crippen molar-refractivity contribution in [3.63, 3.8) is 0 Å². The van der Waals surface area contributed by atoms with Crippen molar-refractivity contribution in [3.8, 4) is 5.75 Å². The van der Waals surface area contributed by atoms with Gasteiger partial charge in [-0.3, -0.25) is 9.59 Å². The quantitative estimate of drug-likeness (QED) is 0.283. The molecule has 2 aromatic carbocycles. The van der Waals surface area contributed by atoms with Crippen molar-refractivity contribution in [2.75, 3.05) is 13.2 Å². The summed E-state index contributed by atoms with van der Waals surface area (Å²) in [6, 6.07) is 17.9. The molecule has 11 heteroatoms. The van der Waals surface area contributed by atoms with E-state index in [0.29, 0.717) is 17.1 Å². The van der Waals surface area contributed by atoms with Gasteiger partial charge in [-0.1, -0.05) is 18.2 Å². The van der Waals surface area contributed by atoms with Crippen molar-refractivity contribution < 1.29 is 27.2 Å². The third-order valence-electron chi connectivity index (χ3n) is 4.72. The second kappa shape index (κ2) is 12.7. The number of hydrazone groups is 1. The molecule has 0 fully saturated rings. The van der Waals surface area contributed by atoms with Gasteiger partial charge < -0.3 is 14.5 Å². The van der Waals surface area contributed by atoms with Gasteiger partial charge >= 0.3 is 0 Å². The molecule has 0 unspecified atom stereocenters. The van der Waals surface area contributed by atoms with Gasteiger partial charge in [0.15, 0.2) is 6.61 Å². The molecule has 0 bridgehead atoms. The number of amides is 2. The van der Waals surface area contributed by atoms with E-state index in [4.69, 9.17) is 9.15 Å². The molecule has 0 spiro atoms. The third kappa shape index (κ3) is 8.07. The third-order valence-corrected chi connectivity index (χ3v) is 6.52. The van der Waals surface area contributed by atoms with E-state index in [-0.39, 0.29) is 30.0 Å². The van der Waals surface area contributed by atoms with Gasteiger partial charge in [-0.05, 0) is 67.9 Å². The van der Waals surface area contributed by atoms with Gasteiger partial charge in [0.05, 0.1) is 30.5 Å². The van der Waals surface area contributed by atoms with Crippen LogP contribution in [0.2, 0.25) is 0 Å². The Kier molecular flexibility index (Phi) is 9.37. The molecule has 10 nitrogen and oxygen atoms in total. The molecule has 3 aromatic rings. The van der Waals surface area contributed by atoms with Crippen LogP contribution in [0.15, 0.2) is 87.4 Å². The second-order valence-electron chi connectivity index (χ2n) is 8.04. The van der Waals surface area contributed by atoms with Crippen molar-refractivity contribution >= 4 is 28.1 Å². The predicted octanol–water partition coefficient (Wildman–Crippen LogP) is 2.52. The summed E-state index contributed by atoms with van der Waals surface area (Å²) >= 11 is 0. The first-order valence-corrected chi connectivity index (χ1v) is 12.6. The molecule has 0 aliphatic carbocycles. The zero-order valence-corrected chi connectivity index (χ0v) is 20.8. The highest BCUT2D eigenvalue weighted by Gasteiger charge is 2.27. The van der Waals surface area contributed by atoms with Crippen LogP contribution in [-0.4, -0.2) is 49.9 Å². The Hall–Kier alpha value is -3.96. The van der Waals surface area contributed by atoms with Crippen molar-refractivity contribution in [3.05, 3.63) is 84.3 Å². The SMILES string of the molecule is CC(C)NC(=O)COc1ccc(/C=N/NC(=O)CN(Cc2ccco2)S(=O)(=O)c2ccccc2)cc1. The fourth-order valence-electron chi connectivity index (χ4n) is 3.08.